The maximum atomic E-state index is 12.1. The molecular formula is C17H12ClNO. The Labute approximate surface area is 121 Å². The van der Waals surface area contributed by atoms with E-state index < -0.39 is 0 Å². The lowest BCUT2D eigenvalue weighted by Gasteiger charge is -2.02. The summed E-state index contributed by atoms with van der Waals surface area (Å²) in [5, 5.41) is 1.59. The van der Waals surface area contributed by atoms with Crippen molar-refractivity contribution in [1.29, 1.82) is 0 Å². The van der Waals surface area contributed by atoms with E-state index in [4.69, 9.17) is 11.6 Å². The van der Waals surface area contributed by atoms with Crippen LogP contribution in [0.1, 0.15) is 5.56 Å². The Balaban J connectivity index is 2.47. The Morgan fingerprint density at radius 2 is 1.90 bits per heavy atom. The number of halogens is 1. The molecule has 0 N–H and O–H groups in total. The number of hydrogen-bond acceptors (Lipinski definition) is 2. The average Bonchev–Trinajstić information content (AvgIpc) is 2.57. The van der Waals surface area contributed by atoms with Crippen molar-refractivity contribution < 1.29 is 0 Å². The van der Waals surface area contributed by atoms with Crippen LogP contribution in [0.3, 0.4) is 0 Å². The van der Waals surface area contributed by atoms with E-state index in [1.807, 2.05) is 49.4 Å². The number of pyridine rings is 1. The second-order valence-electron chi connectivity index (χ2n) is 4.70. The normalized spacial score (nSPS) is 10.7. The minimum atomic E-state index is -0.00187. The highest BCUT2D eigenvalue weighted by Crippen LogP contribution is 2.27. The van der Waals surface area contributed by atoms with Crippen molar-refractivity contribution in [3.63, 3.8) is 0 Å². The predicted octanol–water partition coefficient (Wildman–Crippen LogP) is 4.22. The zero-order valence-corrected chi connectivity index (χ0v) is 11.7. The molecule has 0 bridgehead atoms. The fourth-order valence-corrected chi connectivity index (χ4v) is 2.44. The van der Waals surface area contributed by atoms with Gasteiger partial charge in [0.1, 0.15) is 0 Å². The lowest BCUT2D eigenvalue weighted by molar-refractivity contribution is 1.42. The SMILES string of the molecule is Cc1cc2cccnc2c(-c2cccc(Cl)c2)cc1=O. The molecule has 1 heterocycles. The number of hydrogen-bond donors (Lipinski definition) is 0. The summed E-state index contributed by atoms with van der Waals surface area (Å²) in [5.41, 5.74) is 3.21. The van der Waals surface area contributed by atoms with Crippen LogP contribution in [0.2, 0.25) is 5.02 Å². The number of aryl methyl sites for hydroxylation is 1. The summed E-state index contributed by atoms with van der Waals surface area (Å²) in [6.07, 6.45) is 1.73. The van der Waals surface area contributed by atoms with Crippen LogP contribution in [0.15, 0.2) is 59.5 Å². The summed E-state index contributed by atoms with van der Waals surface area (Å²) in [5.74, 6) is 0. The number of fused-ring (bicyclic) bond motifs is 1. The van der Waals surface area contributed by atoms with Gasteiger partial charge in [0, 0.05) is 22.2 Å². The monoisotopic (exact) mass is 281 g/mol. The number of nitrogens with zero attached hydrogens (tertiary/aromatic N) is 1. The maximum absolute atomic E-state index is 12.1. The summed E-state index contributed by atoms with van der Waals surface area (Å²) < 4.78 is 0. The van der Waals surface area contributed by atoms with Gasteiger partial charge >= 0.3 is 0 Å². The average molecular weight is 282 g/mol. The van der Waals surface area contributed by atoms with Crippen molar-refractivity contribution in [2.75, 3.05) is 0 Å². The molecule has 0 atom stereocenters. The quantitative estimate of drug-likeness (QED) is 0.668. The van der Waals surface area contributed by atoms with E-state index in [0.29, 0.717) is 10.6 Å². The molecule has 3 rings (SSSR count). The highest BCUT2D eigenvalue weighted by molar-refractivity contribution is 6.30. The predicted molar refractivity (Wildman–Crippen MR) is 83.2 cm³/mol. The van der Waals surface area contributed by atoms with Crippen LogP contribution in [-0.4, -0.2) is 4.98 Å². The lowest BCUT2D eigenvalue weighted by Crippen LogP contribution is -1.98. The highest BCUT2D eigenvalue weighted by atomic mass is 35.5. The molecule has 0 fully saturated rings. The Morgan fingerprint density at radius 3 is 2.70 bits per heavy atom. The van der Waals surface area contributed by atoms with Gasteiger partial charge in [-0.15, -0.1) is 0 Å². The van der Waals surface area contributed by atoms with Crippen molar-refractivity contribution in [2.24, 2.45) is 0 Å². The van der Waals surface area contributed by atoms with Crippen LogP contribution in [0, 0.1) is 6.92 Å². The molecule has 3 heteroatoms. The first-order chi connectivity index (χ1) is 9.65. The van der Waals surface area contributed by atoms with Crippen LogP contribution in [0.5, 0.6) is 0 Å². The minimum Gasteiger partial charge on any atom is -0.290 e. The van der Waals surface area contributed by atoms with Crippen molar-refractivity contribution in [3.8, 4) is 11.1 Å². The standard InChI is InChI=1S/C17H12ClNO/c1-11-8-13-5-3-7-19-17(13)15(10-16(11)20)12-4-2-6-14(18)9-12/h2-10H,1H3. The fraction of sp³-hybridized carbons (Fsp3) is 0.0588. The Morgan fingerprint density at radius 1 is 1.05 bits per heavy atom. The van der Waals surface area contributed by atoms with Crippen LogP contribution in [0.4, 0.5) is 0 Å². The van der Waals surface area contributed by atoms with Crippen molar-refractivity contribution in [1.82, 2.24) is 4.98 Å². The van der Waals surface area contributed by atoms with E-state index in [1.165, 1.54) is 0 Å². The summed E-state index contributed by atoms with van der Waals surface area (Å²) >= 11 is 6.05. The first kappa shape index (κ1) is 12.8. The number of aromatic nitrogens is 1. The van der Waals surface area contributed by atoms with Gasteiger partial charge in [-0.25, -0.2) is 0 Å². The second kappa shape index (κ2) is 5.06. The zero-order valence-electron chi connectivity index (χ0n) is 10.9. The molecule has 0 spiro atoms. The molecule has 20 heavy (non-hydrogen) atoms. The van der Waals surface area contributed by atoms with Crippen molar-refractivity contribution >= 4 is 22.5 Å². The number of rotatable bonds is 1. The Hall–Kier alpha value is -2.19. The van der Waals surface area contributed by atoms with Gasteiger partial charge in [-0.2, -0.15) is 0 Å². The summed E-state index contributed by atoms with van der Waals surface area (Å²) in [6, 6.07) is 14.8. The molecule has 0 unspecified atom stereocenters. The van der Waals surface area contributed by atoms with Gasteiger partial charge in [0.25, 0.3) is 0 Å². The summed E-state index contributed by atoms with van der Waals surface area (Å²) in [7, 11) is 0. The third-order valence-corrected chi connectivity index (χ3v) is 3.50. The van der Waals surface area contributed by atoms with Crippen molar-refractivity contribution in [2.45, 2.75) is 6.92 Å². The molecule has 0 saturated carbocycles. The molecule has 1 aromatic heterocycles. The molecule has 0 aliphatic carbocycles. The van der Waals surface area contributed by atoms with Crippen molar-refractivity contribution in [3.05, 3.63) is 75.5 Å². The molecule has 0 aliphatic heterocycles. The van der Waals surface area contributed by atoms with Gasteiger partial charge in [0.05, 0.1) is 5.52 Å². The van der Waals surface area contributed by atoms with Gasteiger partial charge in [-0.1, -0.05) is 29.8 Å². The van der Waals surface area contributed by atoms with E-state index in [-0.39, 0.29) is 5.43 Å². The topological polar surface area (TPSA) is 30.0 Å². The fourth-order valence-electron chi connectivity index (χ4n) is 2.25. The van der Waals surface area contributed by atoms with Crippen LogP contribution in [0.25, 0.3) is 22.0 Å². The third-order valence-electron chi connectivity index (χ3n) is 3.27. The molecule has 3 aromatic rings. The van der Waals surface area contributed by atoms with Crippen LogP contribution < -0.4 is 5.43 Å². The zero-order chi connectivity index (χ0) is 14.1. The maximum Gasteiger partial charge on any atom is 0.182 e. The number of benzene rings is 1. The van der Waals surface area contributed by atoms with Gasteiger partial charge in [-0.05, 0) is 48.4 Å². The molecule has 2 nitrogen and oxygen atoms in total. The largest absolute Gasteiger partial charge is 0.290 e. The van der Waals surface area contributed by atoms with Crippen LogP contribution in [-0.2, 0) is 0 Å². The molecule has 2 aromatic carbocycles. The highest BCUT2D eigenvalue weighted by Gasteiger charge is 2.07. The molecule has 0 radical (unpaired) electrons. The first-order valence-electron chi connectivity index (χ1n) is 6.31. The Kier molecular flexibility index (Phi) is 3.25. The van der Waals surface area contributed by atoms with Gasteiger partial charge in [0.15, 0.2) is 5.43 Å². The smallest absolute Gasteiger partial charge is 0.182 e. The molecule has 0 saturated heterocycles. The second-order valence-corrected chi connectivity index (χ2v) is 5.14. The molecule has 0 amide bonds. The van der Waals surface area contributed by atoms with E-state index in [0.717, 1.165) is 22.0 Å². The summed E-state index contributed by atoms with van der Waals surface area (Å²) in [4.78, 5) is 16.6. The van der Waals surface area contributed by atoms with E-state index >= 15 is 0 Å². The lowest BCUT2D eigenvalue weighted by atomic mass is 10.1. The van der Waals surface area contributed by atoms with Gasteiger partial charge in [-0.3, -0.25) is 9.78 Å². The minimum absolute atomic E-state index is 0.00187. The third kappa shape index (κ3) is 2.30. The van der Waals surface area contributed by atoms with E-state index in [9.17, 15) is 4.79 Å². The molecule has 98 valence electrons. The molecular weight excluding hydrogens is 270 g/mol. The van der Waals surface area contributed by atoms with E-state index in [2.05, 4.69) is 4.98 Å². The molecule has 0 aliphatic rings. The van der Waals surface area contributed by atoms with Gasteiger partial charge < -0.3 is 0 Å². The van der Waals surface area contributed by atoms with Crippen LogP contribution >= 0.6 is 11.6 Å². The summed E-state index contributed by atoms with van der Waals surface area (Å²) in [6.45, 7) is 1.82. The first-order valence-corrected chi connectivity index (χ1v) is 6.68. The Bertz CT molecular complexity index is 858. The van der Waals surface area contributed by atoms with Gasteiger partial charge in [0.2, 0.25) is 0 Å². The van der Waals surface area contributed by atoms with E-state index in [1.54, 1.807) is 12.3 Å².